The lowest BCUT2D eigenvalue weighted by molar-refractivity contribution is -0.125. The maximum absolute atomic E-state index is 13.1. The highest BCUT2D eigenvalue weighted by Crippen LogP contribution is 2.22. The van der Waals surface area contributed by atoms with Crippen LogP contribution in [0.15, 0.2) is 48.5 Å². The van der Waals surface area contributed by atoms with Crippen molar-refractivity contribution in [3.63, 3.8) is 0 Å². The van der Waals surface area contributed by atoms with Crippen LogP contribution < -0.4 is 10.6 Å². The number of hydrogen-bond donors (Lipinski definition) is 2. The minimum atomic E-state index is -0.443. The zero-order chi connectivity index (χ0) is 21.7. The first-order valence-corrected chi connectivity index (χ1v) is 10.4. The van der Waals surface area contributed by atoms with Crippen molar-refractivity contribution in [1.29, 1.82) is 0 Å². The summed E-state index contributed by atoms with van der Waals surface area (Å²) in [4.78, 5) is 39.8. The van der Waals surface area contributed by atoms with E-state index in [4.69, 9.17) is 0 Å². The van der Waals surface area contributed by atoms with E-state index in [1.165, 1.54) is 0 Å². The summed E-state index contributed by atoms with van der Waals surface area (Å²) in [5.74, 6) is -0.161. The SMILES string of the molecule is Cc1cccc(C(=O)Nc2cccc(C(=O)N3CCCC3C(=O)NCC(C)C)c2)c1. The van der Waals surface area contributed by atoms with Crippen LogP contribution in [0.25, 0.3) is 0 Å². The molecule has 0 radical (unpaired) electrons. The third kappa shape index (κ3) is 5.26. The second kappa shape index (κ2) is 9.57. The second-order valence-electron chi connectivity index (χ2n) is 8.20. The normalized spacial score (nSPS) is 15.9. The van der Waals surface area contributed by atoms with Crippen molar-refractivity contribution in [2.45, 2.75) is 39.7 Å². The molecule has 0 aliphatic carbocycles. The van der Waals surface area contributed by atoms with Crippen molar-refractivity contribution >= 4 is 23.4 Å². The summed E-state index contributed by atoms with van der Waals surface area (Å²) in [7, 11) is 0. The maximum atomic E-state index is 13.1. The van der Waals surface area contributed by atoms with Gasteiger partial charge in [-0.15, -0.1) is 0 Å². The van der Waals surface area contributed by atoms with Crippen molar-refractivity contribution in [2.24, 2.45) is 5.92 Å². The number of carbonyl (C=O) groups excluding carboxylic acids is 3. The summed E-state index contributed by atoms with van der Waals surface area (Å²) in [5, 5.41) is 5.78. The molecule has 3 amide bonds. The van der Waals surface area contributed by atoms with Gasteiger partial charge in [0.1, 0.15) is 6.04 Å². The molecule has 0 bridgehead atoms. The molecule has 2 aromatic rings. The number of carbonyl (C=O) groups is 3. The van der Waals surface area contributed by atoms with Gasteiger partial charge in [-0.2, -0.15) is 0 Å². The lowest BCUT2D eigenvalue weighted by Crippen LogP contribution is -2.46. The minimum absolute atomic E-state index is 0.0987. The van der Waals surface area contributed by atoms with E-state index in [1.807, 2.05) is 39.0 Å². The molecule has 1 fully saturated rings. The van der Waals surface area contributed by atoms with Gasteiger partial charge in [-0.25, -0.2) is 0 Å². The first-order valence-electron chi connectivity index (χ1n) is 10.4. The van der Waals surface area contributed by atoms with Crippen LogP contribution in [0, 0.1) is 12.8 Å². The molecular weight excluding hydrogens is 378 g/mol. The van der Waals surface area contributed by atoms with Gasteiger partial charge in [-0.1, -0.05) is 37.6 Å². The van der Waals surface area contributed by atoms with Crippen LogP contribution in [0.3, 0.4) is 0 Å². The Morgan fingerprint density at radius 2 is 1.80 bits per heavy atom. The molecule has 6 heteroatoms. The number of aryl methyl sites for hydroxylation is 1. The average molecular weight is 408 g/mol. The molecule has 30 heavy (non-hydrogen) atoms. The highest BCUT2D eigenvalue weighted by Gasteiger charge is 2.34. The second-order valence-corrected chi connectivity index (χ2v) is 8.20. The standard InChI is InChI=1S/C24H29N3O3/c1-16(2)15-25-23(29)21-11-6-12-27(21)24(30)19-9-5-10-20(14-19)26-22(28)18-8-4-7-17(3)13-18/h4-5,7-10,13-14,16,21H,6,11-12,15H2,1-3H3,(H,25,29)(H,26,28). The van der Waals surface area contributed by atoms with Crippen LogP contribution in [-0.4, -0.2) is 41.8 Å². The van der Waals surface area contributed by atoms with Crippen LogP contribution in [0.1, 0.15) is 53.0 Å². The molecule has 1 atom stereocenters. The molecule has 2 aromatic carbocycles. The molecule has 2 N–H and O–H groups in total. The van der Waals surface area contributed by atoms with Gasteiger partial charge in [-0.05, 0) is 56.0 Å². The molecule has 0 aromatic heterocycles. The van der Waals surface area contributed by atoms with Crippen LogP contribution >= 0.6 is 0 Å². The number of benzene rings is 2. The first kappa shape index (κ1) is 21.6. The van der Waals surface area contributed by atoms with Crippen molar-refractivity contribution in [1.82, 2.24) is 10.2 Å². The highest BCUT2D eigenvalue weighted by molar-refractivity contribution is 6.05. The average Bonchev–Trinajstić information content (AvgIpc) is 3.21. The Bertz CT molecular complexity index is 939. The Balaban J connectivity index is 1.71. The van der Waals surface area contributed by atoms with Gasteiger partial charge in [0, 0.05) is 29.9 Å². The van der Waals surface area contributed by atoms with Crippen molar-refractivity contribution in [3.8, 4) is 0 Å². The highest BCUT2D eigenvalue weighted by atomic mass is 16.2. The van der Waals surface area contributed by atoms with Crippen LogP contribution in [-0.2, 0) is 4.79 Å². The molecule has 0 spiro atoms. The first-order chi connectivity index (χ1) is 14.3. The Labute approximate surface area is 177 Å². The number of nitrogens with zero attached hydrogens (tertiary/aromatic N) is 1. The van der Waals surface area contributed by atoms with Gasteiger partial charge in [0.05, 0.1) is 0 Å². The predicted molar refractivity (Wildman–Crippen MR) is 117 cm³/mol. The van der Waals surface area contributed by atoms with E-state index in [0.29, 0.717) is 42.2 Å². The Hall–Kier alpha value is -3.15. The molecule has 158 valence electrons. The summed E-state index contributed by atoms with van der Waals surface area (Å²) < 4.78 is 0. The summed E-state index contributed by atoms with van der Waals surface area (Å²) in [5.41, 5.74) is 2.57. The maximum Gasteiger partial charge on any atom is 0.255 e. The largest absolute Gasteiger partial charge is 0.354 e. The van der Waals surface area contributed by atoms with E-state index in [2.05, 4.69) is 10.6 Å². The summed E-state index contributed by atoms with van der Waals surface area (Å²) in [6.45, 7) is 7.15. The zero-order valence-corrected chi connectivity index (χ0v) is 17.8. The van der Waals surface area contributed by atoms with Gasteiger partial charge in [-0.3, -0.25) is 14.4 Å². The quantitative estimate of drug-likeness (QED) is 0.768. The smallest absolute Gasteiger partial charge is 0.255 e. The Kier molecular flexibility index (Phi) is 6.87. The molecule has 1 heterocycles. The Morgan fingerprint density at radius 3 is 2.53 bits per heavy atom. The van der Waals surface area contributed by atoms with Gasteiger partial charge >= 0.3 is 0 Å². The van der Waals surface area contributed by atoms with Gasteiger partial charge < -0.3 is 15.5 Å². The van der Waals surface area contributed by atoms with E-state index in [0.717, 1.165) is 12.0 Å². The van der Waals surface area contributed by atoms with Gasteiger partial charge in [0.2, 0.25) is 5.91 Å². The summed E-state index contributed by atoms with van der Waals surface area (Å²) in [6, 6.07) is 13.8. The molecule has 1 saturated heterocycles. The third-order valence-electron chi connectivity index (χ3n) is 5.15. The van der Waals surface area contributed by atoms with Crippen LogP contribution in [0.5, 0.6) is 0 Å². The van der Waals surface area contributed by atoms with E-state index >= 15 is 0 Å². The monoisotopic (exact) mass is 407 g/mol. The van der Waals surface area contributed by atoms with E-state index in [-0.39, 0.29) is 17.7 Å². The molecule has 6 nitrogen and oxygen atoms in total. The number of likely N-dealkylation sites (tertiary alicyclic amines) is 1. The van der Waals surface area contributed by atoms with E-state index in [9.17, 15) is 14.4 Å². The molecule has 1 aliphatic rings. The summed E-state index contributed by atoms with van der Waals surface area (Å²) >= 11 is 0. The summed E-state index contributed by atoms with van der Waals surface area (Å²) in [6.07, 6.45) is 1.47. The number of nitrogens with one attached hydrogen (secondary N) is 2. The predicted octanol–water partition coefficient (Wildman–Crippen LogP) is 3.62. The molecule has 3 rings (SSSR count). The number of hydrogen-bond acceptors (Lipinski definition) is 3. The molecule has 1 unspecified atom stereocenters. The van der Waals surface area contributed by atoms with Gasteiger partial charge in [0.15, 0.2) is 0 Å². The van der Waals surface area contributed by atoms with Crippen molar-refractivity contribution in [2.75, 3.05) is 18.4 Å². The number of anilines is 1. The third-order valence-corrected chi connectivity index (χ3v) is 5.15. The lowest BCUT2D eigenvalue weighted by Gasteiger charge is -2.24. The van der Waals surface area contributed by atoms with Gasteiger partial charge in [0.25, 0.3) is 11.8 Å². The minimum Gasteiger partial charge on any atom is -0.354 e. The fraction of sp³-hybridized carbons (Fsp3) is 0.375. The fourth-order valence-corrected chi connectivity index (χ4v) is 3.59. The molecule has 1 aliphatic heterocycles. The zero-order valence-electron chi connectivity index (χ0n) is 17.8. The van der Waals surface area contributed by atoms with Crippen molar-refractivity contribution < 1.29 is 14.4 Å². The van der Waals surface area contributed by atoms with Crippen LogP contribution in [0.2, 0.25) is 0 Å². The number of amides is 3. The topological polar surface area (TPSA) is 78.5 Å². The lowest BCUT2D eigenvalue weighted by atomic mass is 10.1. The fourth-order valence-electron chi connectivity index (χ4n) is 3.59. The van der Waals surface area contributed by atoms with E-state index < -0.39 is 6.04 Å². The molecular formula is C24H29N3O3. The Morgan fingerprint density at radius 1 is 1.07 bits per heavy atom. The van der Waals surface area contributed by atoms with Crippen molar-refractivity contribution in [3.05, 3.63) is 65.2 Å². The molecule has 0 saturated carbocycles. The number of rotatable bonds is 6. The van der Waals surface area contributed by atoms with Crippen LogP contribution in [0.4, 0.5) is 5.69 Å². The van der Waals surface area contributed by atoms with E-state index in [1.54, 1.807) is 35.2 Å².